The quantitative estimate of drug-likeness (QED) is 0.168. The molecule has 5 aliphatic rings. The first-order valence-electron chi connectivity index (χ1n) is 22.8. The second-order valence-electron chi connectivity index (χ2n) is 18.4. The topological polar surface area (TPSA) is 41.9 Å². The number of benzene rings is 8. The Labute approximate surface area is 369 Å². The Morgan fingerprint density at radius 2 is 0.889 bits per heavy atom. The second kappa shape index (κ2) is 14.5. The maximum atomic E-state index is 5.32. The predicted molar refractivity (Wildman–Crippen MR) is 257 cm³/mol. The number of rotatable bonds is 6. The molecule has 0 amide bonds. The molecule has 302 valence electrons. The SMILES string of the molecule is c1ccc(-c2nc(-c3ccccc3-c3ccccc3)nc(-c3ccc(-c4ccc5c(c4)N(c4ccccc4)c4ccccc4C54C5CC6CC(C5)CC4C6)c4ccccc34)n2)cc1. The van der Waals surface area contributed by atoms with E-state index in [9.17, 15) is 0 Å². The maximum Gasteiger partial charge on any atom is 0.164 e. The molecule has 4 bridgehead atoms. The summed E-state index contributed by atoms with van der Waals surface area (Å²) >= 11 is 0. The van der Waals surface area contributed by atoms with E-state index < -0.39 is 0 Å². The molecule has 0 atom stereocenters. The lowest BCUT2D eigenvalue weighted by molar-refractivity contribution is -0.0419. The highest BCUT2D eigenvalue weighted by atomic mass is 15.2. The number of hydrogen-bond acceptors (Lipinski definition) is 4. The molecule has 4 saturated carbocycles. The lowest BCUT2D eigenvalue weighted by atomic mass is 9.41. The zero-order valence-corrected chi connectivity index (χ0v) is 35.1. The van der Waals surface area contributed by atoms with Crippen molar-refractivity contribution in [2.24, 2.45) is 23.7 Å². The normalized spacial score (nSPS) is 21.7. The van der Waals surface area contributed by atoms with Crippen LogP contribution < -0.4 is 4.90 Å². The third-order valence-electron chi connectivity index (χ3n) is 15.1. The van der Waals surface area contributed by atoms with E-state index in [0.717, 1.165) is 45.0 Å². The van der Waals surface area contributed by atoms with Gasteiger partial charge in [0, 0.05) is 27.8 Å². The Balaban J connectivity index is 0.996. The van der Waals surface area contributed by atoms with Gasteiger partial charge in [0.2, 0.25) is 0 Å². The molecule has 4 nitrogen and oxygen atoms in total. The fraction of sp³-hybridized carbons (Fsp3) is 0.169. The van der Waals surface area contributed by atoms with Gasteiger partial charge >= 0.3 is 0 Å². The Bertz CT molecular complexity index is 3170. The van der Waals surface area contributed by atoms with Crippen LogP contribution in [0.15, 0.2) is 194 Å². The van der Waals surface area contributed by atoms with Crippen molar-refractivity contribution < 1.29 is 0 Å². The van der Waals surface area contributed by atoms with Crippen LogP contribution in [0.5, 0.6) is 0 Å². The van der Waals surface area contributed by atoms with Crippen molar-refractivity contribution in [3.63, 3.8) is 0 Å². The molecule has 2 heterocycles. The molecule has 0 saturated heterocycles. The first kappa shape index (κ1) is 36.5. The van der Waals surface area contributed by atoms with E-state index in [2.05, 4.69) is 181 Å². The van der Waals surface area contributed by atoms with Gasteiger partial charge < -0.3 is 4.90 Å². The van der Waals surface area contributed by atoms with Crippen LogP contribution in [0.25, 0.3) is 67.2 Å². The molecule has 0 unspecified atom stereocenters. The van der Waals surface area contributed by atoms with Gasteiger partial charge in [-0.1, -0.05) is 164 Å². The van der Waals surface area contributed by atoms with Crippen LogP contribution in [0.3, 0.4) is 0 Å². The summed E-state index contributed by atoms with van der Waals surface area (Å²) in [6.07, 6.45) is 6.84. The summed E-state index contributed by atoms with van der Waals surface area (Å²) in [5.41, 5.74) is 14.5. The van der Waals surface area contributed by atoms with Crippen LogP contribution in [0, 0.1) is 23.7 Å². The van der Waals surface area contributed by atoms with Crippen LogP contribution in [-0.2, 0) is 5.41 Å². The number of hydrogen-bond donors (Lipinski definition) is 0. The zero-order chi connectivity index (χ0) is 41.5. The van der Waals surface area contributed by atoms with E-state index in [1.54, 1.807) is 0 Å². The Hall–Kier alpha value is -7.17. The van der Waals surface area contributed by atoms with Gasteiger partial charge in [-0.3, -0.25) is 0 Å². The Morgan fingerprint density at radius 3 is 1.60 bits per heavy atom. The highest BCUT2D eigenvalue weighted by Gasteiger charge is 2.61. The summed E-state index contributed by atoms with van der Waals surface area (Å²) < 4.78 is 0. The molecular formula is C59H46N4. The van der Waals surface area contributed by atoms with Crippen molar-refractivity contribution in [2.45, 2.75) is 37.5 Å². The molecule has 0 radical (unpaired) electrons. The predicted octanol–water partition coefficient (Wildman–Crippen LogP) is 14.9. The first-order chi connectivity index (χ1) is 31.2. The van der Waals surface area contributed by atoms with E-state index in [1.165, 1.54) is 76.8 Å². The Morgan fingerprint density at radius 1 is 0.365 bits per heavy atom. The van der Waals surface area contributed by atoms with Crippen LogP contribution in [0.4, 0.5) is 17.1 Å². The lowest BCUT2D eigenvalue weighted by Gasteiger charge is -2.64. The minimum Gasteiger partial charge on any atom is -0.310 e. The zero-order valence-electron chi connectivity index (χ0n) is 35.1. The molecule has 63 heavy (non-hydrogen) atoms. The molecule has 4 heteroatoms. The summed E-state index contributed by atoms with van der Waals surface area (Å²) in [5.74, 6) is 5.07. The standard InChI is InChI=1S/C59H46N4/c1-4-16-40(17-5-1)46-22-10-13-25-50(46)57-60-56(41-18-6-2-7-19-41)61-58(62-57)51-30-29-47(48-23-11-12-24-49(48)51)42-28-31-53-55(37-42)63(45-20-8-3-9-21-45)54-27-15-14-26-52(54)59(53)43-33-38-32-39(35-43)36-44(59)34-38/h1-31,37-39,43-44H,32-36H2. The van der Waals surface area contributed by atoms with Gasteiger partial charge in [-0.15, -0.1) is 0 Å². The van der Waals surface area contributed by atoms with Crippen molar-refractivity contribution >= 4 is 27.8 Å². The number of para-hydroxylation sites is 2. The highest BCUT2D eigenvalue weighted by Crippen LogP contribution is 2.69. The van der Waals surface area contributed by atoms with Gasteiger partial charge in [0.1, 0.15) is 0 Å². The van der Waals surface area contributed by atoms with Gasteiger partial charge in [0.05, 0.1) is 11.4 Å². The fourth-order valence-electron chi connectivity index (χ4n) is 12.8. The summed E-state index contributed by atoms with van der Waals surface area (Å²) in [4.78, 5) is 18.3. The van der Waals surface area contributed by atoms with Crippen molar-refractivity contribution in [2.75, 3.05) is 4.90 Å². The summed E-state index contributed by atoms with van der Waals surface area (Å²) in [6, 6.07) is 70.5. The van der Waals surface area contributed by atoms with Crippen molar-refractivity contribution in [1.29, 1.82) is 0 Å². The summed E-state index contributed by atoms with van der Waals surface area (Å²) in [6.45, 7) is 0. The maximum absolute atomic E-state index is 5.32. The minimum absolute atomic E-state index is 0.0288. The first-order valence-corrected chi connectivity index (χ1v) is 22.8. The Kier molecular flexibility index (Phi) is 8.37. The van der Waals surface area contributed by atoms with Crippen LogP contribution >= 0.6 is 0 Å². The molecule has 9 aromatic rings. The number of anilines is 3. The van der Waals surface area contributed by atoms with Gasteiger partial charge in [-0.25, -0.2) is 15.0 Å². The molecule has 4 aliphatic carbocycles. The molecule has 4 fully saturated rings. The van der Waals surface area contributed by atoms with E-state index >= 15 is 0 Å². The van der Waals surface area contributed by atoms with Gasteiger partial charge in [-0.05, 0) is 130 Å². The summed E-state index contributed by atoms with van der Waals surface area (Å²) in [5, 5.41) is 2.29. The number of fused-ring (bicyclic) bond motifs is 3. The van der Waals surface area contributed by atoms with Crippen molar-refractivity contribution in [3.8, 4) is 56.4 Å². The number of nitrogens with zero attached hydrogens (tertiary/aromatic N) is 4. The largest absolute Gasteiger partial charge is 0.310 e. The van der Waals surface area contributed by atoms with Crippen LogP contribution in [0.2, 0.25) is 0 Å². The van der Waals surface area contributed by atoms with Crippen molar-refractivity contribution in [3.05, 3.63) is 205 Å². The molecule has 0 N–H and O–H groups in total. The fourth-order valence-corrected chi connectivity index (χ4v) is 12.8. The molecular weight excluding hydrogens is 765 g/mol. The second-order valence-corrected chi connectivity index (χ2v) is 18.4. The molecule has 1 aliphatic heterocycles. The van der Waals surface area contributed by atoms with E-state index in [0.29, 0.717) is 29.3 Å². The molecule has 14 rings (SSSR count). The monoisotopic (exact) mass is 810 g/mol. The average molecular weight is 811 g/mol. The molecule has 1 aromatic heterocycles. The third kappa shape index (κ3) is 5.70. The van der Waals surface area contributed by atoms with Gasteiger partial charge in [-0.2, -0.15) is 0 Å². The highest BCUT2D eigenvalue weighted by molar-refractivity contribution is 6.05. The lowest BCUT2D eigenvalue weighted by Crippen LogP contribution is -2.57. The average Bonchev–Trinajstić information content (AvgIpc) is 3.35. The van der Waals surface area contributed by atoms with Gasteiger partial charge in [0.25, 0.3) is 0 Å². The van der Waals surface area contributed by atoms with E-state index in [1.807, 2.05) is 18.2 Å². The van der Waals surface area contributed by atoms with Crippen molar-refractivity contribution in [1.82, 2.24) is 15.0 Å². The molecule has 8 aromatic carbocycles. The van der Waals surface area contributed by atoms with Crippen LogP contribution in [0.1, 0.15) is 43.2 Å². The van der Waals surface area contributed by atoms with E-state index in [4.69, 9.17) is 15.0 Å². The summed E-state index contributed by atoms with van der Waals surface area (Å²) in [7, 11) is 0. The van der Waals surface area contributed by atoms with Crippen LogP contribution in [-0.4, -0.2) is 15.0 Å². The number of aromatic nitrogens is 3. The van der Waals surface area contributed by atoms with Gasteiger partial charge in [0.15, 0.2) is 17.5 Å². The smallest absolute Gasteiger partial charge is 0.164 e. The third-order valence-corrected chi connectivity index (χ3v) is 15.1. The molecule has 1 spiro atoms. The minimum atomic E-state index is 0.0288. The van der Waals surface area contributed by atoms with E-state index in [-0.39, 0.29) is 5.41 Å².